The van der Waals surface area contributed by atoms with E-state index in [9.17, 15) is 0 Å². The molecule has 4 rings (SSSR count). The maximum Gasteiger partial charge on any atom is 0.179 e. The second-order valence-corrected chi connectivity index (χ2v) is 5.50. The molecule has 0 aliphatic carbocycles. The van der Waals surface area contributed by atoms with Gasteiger partial charge in [-0.15, -0.1) is 0 Å². The van der Waals surface area contributed by atoms with Crippen molar-refractivity contribution in [3.63, 3.8) is 0 Å². The van der Waals surface area contributed by atoms with Gasteiger partial charge in [-0.25, -0.2) is 0 Å². The molecule has 1 unspecified atom stereocenters. The van der Waals surface area contributed by atoms with E-state index in [-0.39, 0.29) is 6.23 Å². The highest BCUT2D eigenvalue weighted by molar-refractivity contribution is 5.41. The standard InChI is InChI=1S/C17H17NO/c1-12-6-7-16-14(10-12)11-18-9-8-13-4-2-3-5-15(13)17(18)19-16/h2-7,10,17H,8-9,11H2,1H3. The molecule has 2 heterocycles. The summed E-state index contributed by atoms with van der Waals surface area (Å²) in [7, 11) is 0. The maximum atomic E-state index is 6.24. The summed E-state index contributed by atoms with van der Waals surface area (Å²) in [5, 5.41) is 0. The fourth-order valence-corrected chi connectivity index (χ4v) is 3.17. The van der Waals surface area contributed by atoms with Crippen molar-refractivity contribution in [2.75, 3.05) is 6.54 Å². The Morgan fingerprint density at radius 2 is 2.00 bits per heavy atom. The summed E-state index contributed by atoms with van der Waals surface area (Å²) < 4.78 is 6.24. The predicted molar refractivity (Wildman–Crippen MR) is 75.1 cm³/mol. The SMILES string of the molecule is Cc1ccc2c(c1)CN1CCc3ccccc3C1O2. The van der Waals surface area contributed by atoms with Crippen LogP contribution in [0, 0.1) is 6.92 Å². The first-order chi connectivity index (χ1) is 9.31. The summed E-state index contributed by atoms with van der Waals surface area (Å²) in [6.07, 6.45) is 1.22. The quantitative estimate of drug-likeness (QED) is 0.711. The first kappa shape index (κ1) is 11.1. The van der Waals surface area contributed by atoms with Crippen LogP contribution >= 0.6 is 0 Å². The van der Waals surface area contributed by atoms with Crippen LogP contribution in [0.4, 0.5) is 0 Å². The van der Waals surface area contributed by atoms with Crippen LogP contribution in [-0.4, -0.2) is 11.4 Å². The summed E-state index contributed by atoms with van der Waals surface area (Å²) in [4.78, 5) is 2.43. The molecule has 2 aromatic rings. The van der Waals surface area contributed by atoms with Crippen molar-refractivity contribution in [3.8, 4) is 5.75 Å². The fraction of sp³-hybridized carbons (Fsp3) is 0.294. The van der Waals surface area contributed by atoms with Crippen molar-refractivity contribution >= 4 is 0 Å². The van der Waals surface area contributed by atoms with E-state index in [1.165, 1.54) is 22.3 Å². The Hall–Kier alpha value is -1.80. The van der Waals surface area contributed by atoms with E-state index in [0.717, 1.165) is 25.3 Å². The Kier molecular flexibility index (Phi) is 2.39. The van der Waals surface area contributed by atoms with E-state index in [4.69, 9.17) is 4.74 Å². The van der Waals surface area contributed by atoms with Crippen LogP contribution in [0.1, 0.15) is 28.5 Å². The van der Waals surface area contributed by atoms with Gasteiger partial charge in [0.1, 0.15) is 5.75 Å². The number of rotatable bonds is 0. The molecule has 2 aliphatic rings. The molecular formula is C17H17NO. The Bertz CT molecular complexity index is 635. The third-order valence-electron chi connectivity index (χ3n) is 4.15. The molecule has 2 nitrogen and oxygen atoms in total. The molecule has 2 aromatic carbocycles. The van der Waals surface area contributed by atoms with Gasteiger partial charge < -0.3 is 4.74 Å². The van der Waals surface area contributed by atoms with Crippen molar-refractivity contribution < 1.29 is 4.74 Å². The molecule has 0 N–H and O–H groups in total. The molecular weight excluding hydrogens is 234 g/mol. The van der Waals surface area contributed by atoms with E-state index in [1.807, 2.05) is 0 Å². The minimum atomic E-state index is 0.0974. The van der Waals surface area contributed by atoms with E-state index < -0.39 is 0 Å². The number of benzene rings is 2. The number of ether oxygens (including phenoxy) is 1. The predicted octanol–water partition coefficient (Wildman–Crippen LogP) is 3.44. The van der Waals surface area contributed by atoms with Gasteiger partial charge in [0.15, 0.2) is 6.23 Å². The van der Waals surface area contributed by atoms with Crippen molar-refractivity contribution in [2.45, 2.75) is 26.1 Å². The average Bonchev–Trinajstić information content (AvgIpc) is 2.45. The van der Waals surface area contributed by atoms with Crippen LogP contribution in [-0.2, 0) is 13.0 Å². The number of hydrogen-bond acceptors (Lipinski definition) is 2. The number of nitrogens with zero attached hydrogens (tertiary/aromatic N) is 1. The van der Waals surface area contributed by atoms with Crippen LogP contribution in [0.2, 0.25) is 0 Å². The molecule has 0 radical (unpaired) electrons. The fourth-order valence-electron chi connectivity index (χ4n) is 3.17. The Labute approximate surface area is 113 Å². The molecule has 1 atom stereocenters. The number of aryl methyl sites for hydroxylation is 1. The van der Waals surface area contributed by atoms with Crippen LogP contribution in [0.15, 0.2) is 42.5 Å². The average molecular weight is 251 g/mol. The number of fused-ring (bicyclic) bond motifs is 4. The summed E-state index contributed by atoms with van der Waals surface area (Å²) in [6, 6.07) is 15.1. The summed E-state index contributed by atoms with van der Waals surface area (Å²) in [6.45, 7) is 4.21. The van der Waals surface area contributed by atoms with Gasteiger partial charge in [0.25, 0.3) is 0 Å². The van der Waals surface area contributed by atoms with E-state index >= 15 is 0 Å². The highest BCUT2D eigenvalue weighted by atomic mass is 16.5. The molecule has 0 saturated carbocycles. The number of hydrogen-bond donors (Lipinski definition) is 0. The van der Waals surface area contributed by atoms with E-state index in [2.05, 4.69) is 54.3 Å². The smallest absolute Gasteiger partial charge is 0.179 e. The molecule has 0 bridgehead atoms. The van der Waals surface area contributed by atoms with Gasteiger partial charge in [-0.3, -0.25) is 4.90 Å². The van der Waals surface area contributed by atoms with Crippen LogP contribution in [0.3, 0.4) is 0 Å². The minimum Gasteiger partial charge on any atom is -0.471 e. The third kappa shape index (κ3) is 1.75. The van der Waals surface area contributed by atoms with Crippen LogP contribution < -0.4 is 4.74 Å². The minimum absolute atomic E-state index is 0.0974. The maximum absolute atomic E-state index is 6.24. The summed E-state index contributed by atoms with van der Waals surface area (Å²) in [5.41, 5.74) is 5.38. The highest BCUT2D eigenvalue weighted by Crippen LogP contribution is 2.39. The Balaban J connectivity index is 1.77. The van der Waals surface area contributed by atoms with Gasteiger partial charge in [-0.05, 0) is 25.0 Å². The molecule has 0 spiro atoms. The lowest BCUT2D eigenvalue weighted by Gasteiger charge is -2.41. The molecule has 19 heavy (non-hydrogen) atoms. The van der Waals surface area contributed by atoms with Crippen LogP contribution in [0.25, 0.3) is 0 Å². The first-order valence-corrected chi connectivity index (χ1v) is 6.89. The normalized spacial score (nSPS) is 21.0. The Morgan fingerprint density at radius 1 is 1.11 bits per heavy atom. The summed E-state index contributed by atoms with van der Waals surface area (Å²) >= 11 is 0. The Morgan fingerprint density at radius 3 is 2.95 bits per heavy atom. The van der Waals surface area contributed by atoms with Crippen molar-refractivity contribution in [1.29, 1.82) is 0 Å². The zero-order chi connectivity index (χ0) is 12.8. The zero-order valence-corrected chi connectivity index (χ0v) is 11.1. The first-order valence-electron chi connectivity index (χ1n) is 6.89. The van der Waals surface area contributed by atoms with Gasteiger partial charge in [-0.2, -0.15) is 0 Å². The lowest BCUT2D eigenvalue weighted by Crippen LogP contribution is -2.40. The third-order valence-corrected chi connectivity index (χ3v) is 4.15. The van der Waals surface area contributed by atoms with Crippen molar-refractivity contribution in [3.05, 3.63) is 64.7 Å². The van der Waals surface area contributed by atoms with Crippen molar-refractivity contribution in [1.82, 2.24) is 4.90 Å². The second-order valence-electron chi connectivity index (χ2n) is 5.50. The van der Waals surface area contributed by atoms with Crippen LogP contribution in [0.5, 0.6) is 5.75 Å². The van der Waals surface area contributed by atoms with Crippen molar-refractivity contribution in [2.24, 2.45) is 0 Å². The zero-order valence-electron chi connectivity index (χ0n) is 11.1. The monoisotopic (exact) mass is 251 g/mol. The lowest BCUT2D eigenvalue weighted by molar-refractivity contribution is -0.0103. The molecule has 2 heteroatoms. The molecule has 96 valence electrons. The van der Waals surface area contributed by atoms with Gasteiger partial charge >= 0.3 is 0 Å². The summed E-state index contributed by atoms with van der Waals surface area (Å²) in [5.74, 6) is 1.04. The molecule has 2 aliphatic heterocycles. The molecule has 0 amide bonds. The lowest BCUT2D eigenvalue weighted by atomic mass is 9.96. The molecule has 0 saturated heterocycles. The molecule has 0 aromatic heterocycles. The van der Waals surface area contributed by atoms with Gasteiger partial charge in [0, 0.05) is 24.2 Å². The molecule has 0 fully saturated rings. The second kappa shape index (κ2) is 4.10. The topological polar surface area (TPSA) is 12.5 Å². The van der Waals surface area contributed by atoms with E-state index in [1.54, 1.807) is 0 Å². The van der Waals surface area contributed by atoms with Gasteiger partial charge in [0.05, 0.1) is 0 Å². The van der Waals surface area contributed by atoms with E-state index in [0.29, 0.717) is 0 Å². The van der Waals surface area contributed by atoms with Gasteiger partial charge in [-0.1, -0.05) is 42.0 Å². The van der Waals surface area contributed by atoms with Gasteiger partial charge in [0.2, 0.25) is 0 Å². The highest BCUT2D eigenvalue weighted by Gasteiger charge is 2.32. The largest absolute Gasteiger partial charge is 0.471 e.